The monoisotopic (exact) mass is 247 g/mol. The lowest BCUT2D eigenvalue weighted by Crippen LogP contribution is -2.26. The summed E-state index contributed by atoms with van der Waals surface area (Å²) in [6.07, 6.45) is 6.82. The number of nitrogen functional groups attached to an aromatic ring is 1. The molecule has 1 aliphatic carbocycles. The van der Waals surface area contributed by atoms with Gasteiger partial charge in [0.25, 0.3) is 0 Å². The average Bonchev–Trinajstić information content (AvgIpc) is 2.74. The van der Waals surface area contributed by atoms with E-state index in [1.54, 1.807) is 23.7 Å². The Balaban J connectivity index is 1.85. The van der Waals surface area contributed by atoms with Crippen LogP contribution in [0.15, 0.2) is 24.7 Å². The fraction of sp³-hybridized carbons (Fsp3) is 0.333. The zero-order valence-electron chi connectivity index (χ0n) is 9.21. The summed E-state index contributed by atoms with van der Waals surface area (Å²) in [4.78, 5) is 9.58. The van der Waals surface area contributed by atoms with Crippen LogP contribution >= 0.6 is 11.3 Å². The Kier molecular flexibility index (Phi) is 2.57. The van der Waals surface area contributed by atoms with E-state index in [-0.39, 0.29) is 6.10 Å². The highest BCUT2D eigenvalue weighted by Crippen LogP contribution is 2.40. The fourth-order valence-electron chi connectivity index (χ4n) is 1.99. The van der Waals surface area contributed by atoms with E-state index in [1.165, 1.54) is 0 Å². The Bertz CT molecular complexity index is 534. The minimum Gasteiger partial charge on any atom is -0.397 e. The summed E-state index contributed by atoms with van der Waals surface area (Å²) in [5, 5.41) is 10.4. The molecule has 2 heterocycles. The maximum absolute atomic E-state index is 9.29. The smallest absolute Gasteiger partial charge is 0.0964 e. The molecule has 0 saturated heterocycles. The molecule has 3 N–H and O–H groups in total. The first-order valence-corrected chi connectivity index (χ1v) is 6.38. The molecule has 1 saturated carbocycles. The van der Waals surface area contributed by atoms with Gasteiger partial charge in [0, 0.05) is 30.1 Å². The molecule has 0 unspecified atom stereocenters. The Hall–Kier alpha value is -1.46. The van der Waals surface area contributed by atoms with Crippen LogP contribution in [0.25, 0.3) is 10.4 Å². The predicted molar refractivity (Wildman–Crippen MR) is 67.7 cm³/mol. The quantitative estimate of drug-likeness (QED) is 0.851. The minimum absolute atomic E-state index is 0.138. The van der Waals surface area contributed by atoms with Crippen molar-refractivity contribution >= 4 is 17.0 Å². The van der Waals surface area contributed by atoms with Crippen LogP contribution in [0.2, 0.25) is 0 Å². The molecule has 1 aliphatic rings. The highest BCUT2D eigenvalue weighted by molar-refractivity contribution is 7.15. The Morgan fingerprint density at radius 2 is 2.12 bits per heavy atom. The number of hydrogen-bond acceptors (Lipinski definition) is 5. The lowest BCUT2D eigenvalue weighted by atomic mass is 9.83. The molecular formula is C12H13N3OS. The van der Waals surface area contributed by atoms with Crippen LogP contribution in [0, 0.1) is 0 Å². The maximum atomic E-state index is 9.29. The lowest BCUT2D eigenvalue weighted by molar-refractivity contribution is 0.0745. The van der Waals surface area contributed by atoms with Gasteiger partial charge in [0.1, 0.15) is 0 Å². The molecule has 88 valence electrons. The van der Waals surface area contributed by atoms with E-state index in [4.69, 9.17) is 5.73 Å². The molecule has 0 bridgehead atoms. The van der Waals surface area contributed by atoms with Crippen molar-refractivity contribution in [3.05, 3.63) is 29.7 Å². The van der Waals surface area contributed by atoms with Crippen molar-refractivity contribution in [1.29, 1.82) is 0 Å². The van der Waals surface area contributed by atoms with Gasteiger partial charge in [-0.15, -0.1) is 11.3 Å². The van der Waals surface area contributed by atoms with Crippen LogP contribution in [-0.2, 0) is 0 Å². The Labute approximate surface area is 103 Å². The first-order chi connectivity index (χ1) is 8.22. The number of aliphatic hydroxyl groups excluding tert-OH is 1. The van der Waals surface area contributed by atoms with E-state index >= 15 is 0 Å². The molecule has 2 aromatic rings. The summed E-state index contributed by atoms with van der Waals surface area (Å²) in [6.45, 7) is 0. The second kappa shape index (κ2) is 4.09. The predicted octanol–water partition coefficient (Wildman–Crippen LogP) is 2.03. The van der Waals surface area contributed by atoms with E-state index in [2.05, 4.69) is 9.97 Å². The molecule has 0 aromatic carbocycles. The number of anilines is 1. The summed E-state index contributed by atoms with van der Waals surface area (Å²) in [6, 6.07) is 1.90. The molecule has 0 aliphatic heterocycles. The Morgan fingerprint density at radius 1 is 1.29 bits per heavy atom. The summed E-state index contributed by atoms with van der Waals surface area (Å²) in [7, 11) is 0. The number of thiazole rings is 1. The molecular weight excluding hydrogens is 234 g/mol. The molecule has 1 fully saturated rings. The van der Waals surface area contributed by atoms with Crippen molar-refractivity contribution in [3.63, 3.8) is 0 Å². The molecule has 3 rings (SSSR count). The third-order valence-corrected chi connectivity index (χ3v) is 4.24. The molecule has 2 aromatic heterocycles. The highest BCUT2D eigenvalue weighted by atomic mass is 32.1. The summed E-state index contributed by atoms with van der Waals surface area (Å²) in [5.74, 6) is 0.428. The number of nitrogens with two attached hydrogens (primary N) is 1. The van der Waals surface area contributed by atoms with E-state index < -0.39 is 0 Å². The average molecular weight is 247 g/mol. The van der Waals surface area contributed by atoms with Gasteiger partial charge in [-0.25, -0.2) is 4.98 Å². The number of aliphatic hydroxyl groups is 1. The topological polar surface area (TPSA) is 72.0 Å². The molecule has 0 amide bonds. The number of aromatic nitrogens is 2. The second-order valence-corrected chi connectivity index (χ2v) is 5.45. The first kappa shape index (κ1) is 10.7. The maximum Gasteiger partial charge on any atom is 0.0964 e. The van der Waals surface area contributed by atoms with Gasteiger partial charge in [0.05, 0.1) is 21.7 Å². The molecule has 17 heavy (non-hydrogen) atoms. The largest absolute Gasteiger partial charge is 0.397 e. The SMILES string of the molecule is Nc1cncc(-c2cnc(C3CC(O)C3)s2)c1. The van der Waals surface area contributed by atoms with E-state index in [1.807, 2.05) is 12.3 Å². The Morgan fingerprint density at radius 3 is 2.82 bits per heavy atom. The molecule has 0 atom stereocenters. The number of rotatable bonds is 2. The molecule has 0 radical (unpaired) electrons. The van der Waals surface area contributed by atoms with Gasteiger partial charge < -0.3 is 10.8 Å². The van der Waals surface area contributed by atoms with E-state index in [0.29, 0.717) is 11.6 Å². The van der Waals surface area contributed by atoms with Crippen LogP contribution < -0.4 is 5.73 Å². The third kappa shape index (κ3) is 2.03. The van der Waals surface area contributed by atoms with Crippen molar-refractivity contribution in [3.8, 4) is 10.4 Å². The molecule has 5 heteroatoms. The molecule has 4 nitrogen and oxygen atoms in total. The van der Waals surface area contributed by atoms with Gasteiger partial charge in [-0.3, -0.25) is 4.98 Å². The van der Waals surface area contributed by atoms with Crippen molar-refractivity contribution in [2.75, 3.05) is 5.73 Å². The van der Waals surface area contributed by atoms with Crippen molar-refractivity contribution < 1.29 is 5.11 Å². The lowest BCUT2D eigenvalue weighted by Gasteiger charge is -2.29. The van der Waals surface area contributed by atoms with Crippen LogP contribution in [0.5, 0.6) is 0 Å². The van der Waals surface area contributed by atoms with Gasteiger partial charge in [0.15, 0.2) is 0 Å². The molecule has 0 spiro atoms. The van der Waals surface area contributed by atoms with Crippen LogP contribution in [0.4, 0.5) is 5.69 Å². The van der Waals surface area contributed by atoms with Crippen molar-refractivity contribution in [1.82, 2.24) is 9.97 Å². The fourth-order valence-corrected chi connectivity index (χ4v) is 3.02. The minimum atomic E-state index is -0.138. The van der Waals surface area contributed by atoms with Gasteiger partial charge in [-0.1, -0.05) is 0 Å². The zero-order valence-corrected chi connectivity index (χ0v) is 10.0. The van der Waals surface area contributed by atoms with Crippen LogP contribution in [-0.4, -0.2) is 21.2 Å². The standard InChI is InChI=1S/C12H13N3OS/c13-9-1-8(4-14-5-9)11-6-15-12(17-11)7-2-10(16)3-7/h1,4-7,10,16H,2-3,13H2. The van der Waals surface area contributed by atoms with Gasteiger partial charge in [0.2, 0.25) is 0 Å². The van der Waals surface area contributed by atoms with Gasteiger partial charge in [-0.2, -0.15) is 0 Å². The first-order valence-electron chi connectivity index (χ1n) is 5.57. The van der Waals surface area contributed by atoms with Crippen molar-refractivity contribution in [2.24, 2.45) is 0 Å². The second-order valence-electron chi connectivity index (χ2n) is 4.39. The summed E-state index contributed by atoms with van der Waals surface area (Å²) < 4.78 is 0. The van der Waals surface area contributed by atoms with Crippen molar-refractivity contribution in [2.45, 2.75) is 24.9 Å². The third-order valence-electron chi connectivity index (χ3n) is 3.03. The summed E-state index contributed by atoms with van der Waals surface area (Å²) >= 11 is 1.66. The van der Waals surface area contributed by atoms with E-state index in [9.17, 15) is 5.11 Å². The summed E-state index contributed by atoms with van der Waals surface area (Å²) in [5.41, 5.74) is 7.38. The van der Waals surface area contributed by atoms with Gasteiger partial charge >= 0.3 is 0 Å². The van der Waals surface area contributed by atoms with Gasteiger partial charge in [-0.05, 0) is 18.9 Å². The number of hydrogen-bond donors (Lipinski definition) is 2. The zero-order chi connectivity index (χ0) is 11.8. The normalized spacial score (nSPS) is 23.4. The van der Waals surface area contributed by atoms with E-state index in [0.717, 1.165) is 28.3 Å². The van der Waals surface area contributed by atoms with Crippen LogP contribution in [0.1, 0.15) is 23.8 Å². The number of nitrogens with zero attached hydrogens (tertiary/aromatic N) is 2. The highest BCUT2D eigenvalue weighted by Gasteiger charge is 2.30. The van der Waals surface area contributed by atoms with Crippen LogP contribution in [0.3, 0.4) is 0 Å². The number of pyridine rings is 1.